The molecule has 6 heteroatoms. The first-order valence-corrected chi connectivity index (χ1v) is 9.32. The summed E-state index contributed by atoms with van der Waals surface area (Å²) in [6, 6.07) is 12.1. The molecular weight excluding hydrogens is 396 g/mol. The highest BCUT2D eigenvalue weighted by molar-refractivity contribution is 9.10. The van der Waals surface area contributed by atoms with Gasteiger partial charge in [0.25, 0.3) is 0 Å². The summed E-state index contributed by atoms with van der Waals surface area (Å²) in [5, 5.41) is 14.7. The maximum Gasteiger partial charge on any atom is 0.319 e. The molecule has 0 heterocycles. The number of rotatable bonds is 6. The Balaban J connectivity index is 1.70. The van der Waals surface area contributed by atoms with Gasteiger partial charge in [-0.15, -0.1) is 0 Å². The Hall–Kier alpha value is -2.21. The van der Waals surface area contributed by atoms with E-state index in [1.165, 1.54) is 17.7 Å². The van der Waals surface area contributed by atoms with Crippen LogP contribution in [0.1, 0.15) is 32.8 Å². The average Bonchev–Trinajstić information content (AvgIpc) is 2.57. The van der Waals surface area contributed by atoms with Crippen molar-refractivity contribution in [2.24, 2.45) is 0 Å². The zero-order valence-electron chi connectivity index (χ0n) is 15.3. The number of urea groups is 1. The Labute approximate surface area is 162 Å². The van der Waals surface area contributed by atoms with Crippen LogP contribution < -0.4 is 15.4 Å². The van der Waals surface area contributed by atoms with Crippen molar-refractivity contribution in [2.75, 3.05) is 18.5 Å². The summed E-state index contributed by atoms with van der Waals surface area (Å²) in [4.78, 5) is 11.8. The number of hydrogen-bond acceptors (Lipinski definition) is 3. The summed E-state index contributed by atoms with van der Waals surface area (Å²) in [6.07, 6.45) is 0.691. The molecule has 0 atom stereocenters. The van der Waals surface area contributed by atoms with E-state index in [1.54, 1.807) is 12.1 Å². The van der Waals surface area contributed by atoms with Crippen LogP contribution in [0, 0.1) is 0 Å². The highest BCUT2D eigenvalue weighted by Gasteiger charge is 2.15. The van der Waals surface area contributed by atoms with Gasteiger partial charge in [-0.2, -0.15) is 0 Å². The van der Waals surface area contributed by atoms with Crippen LogP contribution in [0.4, 0.5) is 10.5 Å². The summed E-state index contributed by atoms with van der Waals surface area (Å²) in [5.74, 6) is 0.960. The minimum Gasteiger partial charge on any atom is -0.508 e. The standard InChI is InChI=1S/C20H25BrN2O3/c1-20(2,3)14-5-10-18(17(21)13-14)26-12-4-11-22-19(25)23-15-6-8-16(24)9-7-15/h5-10,13,24H,4,11-12H2,1-3H3,(H2,22,23,25). The van der Waals surface area contributed by atoms with Crippen LogP contribution >= 0.6 is 15.9 Å². The third-order valence-corrected chi connectivity index (χ3v) is 4.41. The average molecular weight is 421 g/mol. The maximum atomic E-state index is 11.8. The normalized spacial score (nSPS) is 11.1. The van der Waals surface area contributed by atoms with Crippen molar-refractivity contribution in [3.8, 4) is 11.5 Å². The fourth-order valence-electron chi connectivity index (χ4n) is 2.26. The lowest BCUT2D eigenvalue weighted by Crippen LogP contribution is -2.30. The summed E-state index contributed by atoms with van der Waals surface area (Å²) < 4.78 is 6.70. The Morgan fingerprint density at radius 2 is 1.85 bits per heavy atom. The van der Waals surface area contributed by atoms with Gasteiger partial charge in [-0.25, -0.2) is 4.79 Å². The molecule has 0 unspecified atom stereocenters. The predicted octanol–water partition coefficient (Wildman–Crippen LogP) is 5.04. The summed E-state index contributed by atoms with van der Waals surface area (Å²) in [6.45, 7) is 7.52. The molecule has 2 amide bonds. The molecule has 2 aromatic carbocycles. The van der Waals surface area contributed by atoms with Crippen molar-refractivity contribution in [1.29, 1.82) is 0 Å². The van der Waals surface area contributed by atoms with Gasteiger partial charge in [-0.1, -0.05) is 26.8 Å². The predicted molar refractivity (Wildman–Crippen MR) is 108 cm³/mol. The number of phenolic OH excluding ortho intramolecular Hbond substituents is 1. The van der Waals surface area contributed by atoms with E-state index in [-0.39, 0.29) is 17.2 Å². The van der Waals surface area contributed by atoms with Gasteiger partial charge in [0.05, 0.1) is 11.1 Å². The lowest BCUT2D eigenvalue weighted by molar-refractivity contribution is 0.250. The van der Waals surface area contributed by atoms with E-state index in [4.69, 9.17) is 4.74 Å². The number of halogens is 1. The molecule has 0 saturated heterocycles. The molecule has 0 bridgehead atoms. The zero-order chi connectivity index (χ0) is 19.2. The van der Waals surface area contributed by atoms with E-state index in [2.05, 4.69) is 59.5 Å². The number of ether oxygens (including phenoxy) is 1. The number of benzene rings is 2. The highest BCUT2D eigenvalue weighted by atomic mass is 79.9. The van der Waals surface area contributed by atoms with Gasteiger partial charge in [0.15, 0.2) is 0 Å². The first-order chi connectivity index (χ1) is 12.3. The lowest BCUT2D eigenvalue weighted by atomic mass is 9.87. The molecule has 0 aliphatic carbocycles. The van der Waals surface area contributed by atoms with E-state index in [0.29, 0.717) is 25.3 Å². The largest absolute Gasteiger partial charge is 0.508 e. The molecule has 140 valence electrons. The van der Waals surface area contributed by atoms with Crippen LogP contribution in [0.15, 0.2) is 46.9 Å². The highest BCUT2D eigenvalue weighted by Crippen LogP contribution is 2.31. The van der Waals surface area contributed by atoms with Gasteiger partial charge in [0.1, 0.15) is 11.5 Å². The number of phenols is 1. The summed E-state index contributed by atoms with van der Waals surface area (Å²) in [5.41, 5.74) is 1.96. The van der Waals surface area contributed by atoms with Gasteiger partial charge < -0.3 is 20.5 Å². The molecular formula is C20H25BrN2O3. The Bertz CT molecular complexity index is 740. The second-order valence-electron chi connectivity index (χ2n) is 7.02. The molecule has 5 nitrogen and oxygen atoms in total. The number of anilines is 1. The SMILES string of the molecule is CC(C)(C)c1ccc(OCCCNC(=O)Nc2ccc(O)cc2)c(Br)c1. The van der Waals surface area contributed by atoms with E-state index in [0.717, 1.165) is 10.2 Å². The van der Waals surface area contributed by atoms with Crippen molar-refractivity contribution in [1.82, 2.24) is 5.32 Å². The fourth-order valence-corrected chi connectivity index (χ4v) is 2.75. The van der Waals surface area contributed by atoms with Gasteiger partial charge >= 0.3 is 6.03 Å². The number of aromatic hydroxyl groups is 1. The molecule has 0 saturated carbocycles. The van der Waals surface area contributed by atoms with Crippen LogP contribution in [-0.2, 0) is 5.41 Å². The van der Waals surface area contributed by atoms with Gasteiger partial charge in [-0.05, 0) is 69.7 Å². The summed E-state index contributed by atoms with van der Waals surface area (Å²) in [7, 11) is 0. The van der Waals surface area contributed by atoms with Gasteiger partial charge in [0, 0.05) is 12.2 Å². The molecule has 0 radical (unpaired) electrons. The van der Waals surface area contributed by atoms with Crippen LogP contribution in [0.3, 0.4) is 0 Å². The van der Waals surface area contributed by atoms with Gasteiger partial charge in [-0.3, -0.25) is 0 Å². The lowest BCUT2D eigenvalue weighted by Gasteiger charge is -2.20. The third kappa shape index (κ3) is 6.26. The van der Waals surface area contributed by atoms with Crippen molar-refractivity contribution in [3.63, 3.8) is 0 Å². The third-order valence-electron chi connectivity index (χ3n) is 3.79. The number of amides is 2. The topological polar surface area (TPSA) is 70.6 Å². The number of nitrogens with one attached hydrogen (secondary N) is 2. The second kappa shape index (κ2) is 8.94. The number of hydrogen-bond donors (Lipinski definition) is 3. The first kappa shape index (κ1) is 20.1. The smallest absolute Gasteiger partial charge is 0.319 e. The molecule has 0 aliphatic heterocycles. The quantitative estimate of drug-likeness (QED) is 0.452. The Morgan fingerprint density at radius 3 is 2.46 bits per heavy atom. The molecule has 2 rings (SSSR count). The van der Waals surface area contributed by atoms with E-state index in [1.807, 2.05) is 6.07 Å². The Morgan fingerprint density at radius 1 is 1.15 bits per heavy atom. The molecule has 0 aliphatic rings. The zero-order valence-corrected chi connectivity index (χ0v) is 16.9. The minimum absolute atomic E-state index is 0.0931. The van der Waals surface area contributed by atoms with Crippen molar-refractivity contribution >= 4 is 27.6 Å². The van der Waals surface area contributed by atoms with E-state index >= 15 is 0 Å². The van der Waals surface area contributed by atoms with Crippen LogP contribution in [-0.4, -0.2) is 24.3 Å². The second-order valence-corrected chi connectivity index (χ2v) is 7.88. The Kier molecular flexibility index (Phi) is 6.91. The maximum absolute atomic E-state index is 11.8. The molecule has 0 fully saturated rings. The van der Waals surface area contributed by atoms with Crippen molar-refractivity contribution in [2.45, 2.75) is 32.6 Å². The number of carbonyl (C=O) groups excluding carboxylic acids is 1. The molecule has 0 spiro atoms. The molecule has 2 aromatic rings. The minimum atomic E-state index is -0.286. The monoisotopic (exact) mass is 420 g/mol. The van der Waals surface area contributed by atoms with Crippen LogP contribution in [0.5, 0.6) is 11.5 Å². The molecule has 3 N–H and O–H groups in total. The summed E-state index contributed by atoms with van der Waals surface area (Å²) >= 11 is 3.55. The van der Waals surface area contributed by atoms with E-state index in [9.17, 15) is 9.90 Å². The molecule has 26 heavy (non-hydrogen) atoms. The molecule has 0 aromatic heterocycles. The van der Waals surface area contributed by atoms with Crippen molar-refractivity contribution in [3.05, 3.63) is 52.5 Å². The van der Waals surface area contributed by atoms with Crippen LogP contribution in [0.2, 0.25) is 0 Å². The van der Waals surface area contributed by atoms with Gasteiger partial charge in [0.2, 0.25) is 0 Å². The van der Waals surface area contributed by atoms with E-state index < -0.39 is 0 Å². The van der Waals surface area contributed by atoms with Crippen molar-refractivity contribution < 1.29 is 14.6 Å². The fraction of sp³-hybridized carbons (Fsp3) is 0.350. The number of carbonyl (C=O) groups is 1. The first-order valence-electron chi connectivity index (χ1n) is 8.52. The van der Waals surface area contributed by atoms with Crippen LogP contribution in [0.25, 0.3) is 0 Å².